The largest absolute Gasteiger partial charge is 0.457 e. The minimum Gasteiger partial charge on any atom is -0.457 e. The van der Waals surface area contributed by atoms with Crippen molar-refractivity contribution in [1.82, 2.24) is 14.9 Å². The van der Waals surface area contributed by atoms with Crippen molar-refractivity contribution in [2.24, 2.45) is 0 Å². The fourth-order valence-corrected chi connectivity index (χ4v) is 5.31. The van der Waals surface area contributed by atoms with Crippen LogP contribution in [0.2, 0.25) is 0 Å². The van der Waals surface area contributed by atoms with E-state index in [4.69, 9.17) is 9.57 Å². The summed E-state index contributed by atoms with van der Waals surface area (Å²) < 4.78 is 6.07. The summed E-state index contributed by atoms with van der Waals surface area (Å²) in [5.74, 6) is 2.54. The highest BCUT2D eigenvalue weighted by atomic mass is 16.7. The van der Waals surface area contributed by atoms with E-state index in [0.29, 0.717) is 23.9 Å². The SMILES string of the molecule is C=CC(=O)Nc1cc(Nc2cc(N3OCC[C@@H]3c3cccc(Oc4ccccc4)c3)ncn2)ccc1N1CCN(C)CC1. The number of ether oxygens (including phenoxy) is 1. The molecule has 4 aromatic rings. The third kappa shape index (κ3) is 6.77. The van der Waals surface area contributed by atoms with E-state index in [-0.39, 0.29) is 11.9 Å². The predicted octanol–water partition coefficient (Wildman–Crippen LogP) is 5.77. The first kappa shape index (κ1) is 28.2. The molecule has 0 radical (unpaired) electrons. The Morgan fingerprint density at radius 1 is 0.977 bits per heavy atom. The molecule has 3 heterocycles. The van der Waals surface area contributed by atoms with Crippen LogP contribution in [-0.4, -0.2) is 60.6 Å². The van der Waals surface area contributed by atoms with Gasteiger partial charge in [0, 0.05) is 44.4 Å². The maximum absolute atomic E-state index is 12.3. The number of likely N-dealkylation sites (N-methyl/N-ethyl adjacent to an activating group) is 1. The summed E-state index contributed by atoms with van der Waals surface area (Å²) in [5, 5.41) is 8.18. The number of anilines is 5. The highest BCUT2D eigenvalue weighted by Gasteiger charge is 2.29. The molecule has 2 fully saturated rings. The van der Waals surface area contributed by atoms with Crippen molar-refractivity contribution in [2.45, 2.75) is 12.5 Å². The smallest absolute Gasteiger partial charge is 0.247 e. The number of aromatic nitrogens is 2. The number of nitrogens with zero attached hydrogens (tertiary/aromatic N) is 5. The predicted molar refractivity (Wildman–Crippen MR) is 169 cm³/mol. The topological polar surface area (TPSA) is 95.1 Å². The maximum Gasteiger partial charge on any atom is 0.247 e. The van der Waals surface area contributed by atoms with E-state index in [2.05, 4.69) is 50.1 Å². The number of rotatable bonds is 9. The molecular formula is C33H35N7O3. The third-order valence-electron chi connectivity index (χ3n) is 7.56. The number of para-hydroxylation sites is 1. The van der Waals surface area contributed by atoms with E-state index in [9.17, 15) is 4.79 Å². The Bertz CT molecular complexity index is 1570. The lowest BCUT2D eigenvalue weighted by atomic mass is 10.0. The van der Waals surface area contributed by atoms with Gasteiger partial charge in [-0.2, -0.15) is 0 Å². The van der Waals surface area contributed by atoms with Crippen LogP contribution in [0.1, 0.15) is 18.0 Å². The van der Waals surface area contributed by atoms with Crippen molar-refractivity contribution in [3.63, 3.8) is 0 Å². The van der Waals surface area contributed by atoms with E-state index >= 15 is 0 Å². The van der Waals surface area contributed by atoms with Gasteiger partial charge in [-0.15, -0.1) is 0 Å². The Kier molecular flexibility index (Phi) is 8.48. The number of benzene rings is 3. The van der Waals surface area contributed by atoms with E-state index in [0.717, 1.165) is 61.0 Å². The van der Waals surface area contributed by atoms with Gasteiger partial charge in [0.05, 0.1) is 24.0 Å². The van der Waals surface area contributed by atoms with Gasteiger partial charge >= 0.3 is 0 Å². The van der Waals surface area contributed by atoms with Crippen LogP contribution in [0.15, 0.2) is 97.8 Å². The number of amides is 1. The lowest BCUT2D eigenvalue weighted by Gasteiger charge is -2.35. The monoisotopic (exact) mass is 577 g/mol. The van der Waals surface area contributed by atoms with E-state index in [1.165, 1.54) is 12.4 Å². The van der Waals surface area contributed by atoms with Gasteiger partial charge in [0.25, 0.3) is 0 Å². The standard InChI is InChI=1S/C33H35N7O3/c1-3-33(41)37-28-21-25(12-13-30(28)39-17-15-38(2)16-18-39)36-31-22-32(35-23-34-31)40-29(14-19-42-40)24-8-7-11-27(20-24)43-26-9-5-4-6-10-26/h3-13,20-23,29H,1,14-19H2,2H3,(H,37,41)(H,34,35,36)/t29-/m1/s1. The number of carbonyl (C=O) groups is 1. The summed E-state index contributed by atoms with van der Waals surface area (Å²) in [6.45, 7) is 7.87. The Balaban J connectivity index is 1.20. The summed E-state index contributed by atoms with van der Waals surface area (Å²) in [4.78, 5) is 31.9. The molecule has 10 nitrogen and oxygen atoms in total. The van der Waals surface area contributed by atoms with Crippen molar-refractivity contribution in [3.05, 3.63) is 103 Å². The molecule has 6 rings (SSSR count). The fourth-order valence-electron chi connectivity index (χ4n) is 5.31. The van der Waals surface area contributed by atoms with Crippen LogP contribution in [0.5, 0.6) is 11.5 Å². The average molecular weight is 578 g/mol. The summed E-state index contributed by atoms with van der Waals surface area (Å²) in [7, 11) is 2.12. The first-order valence-corrected chi connectivity index (χ1v) is 14.4. The van der Waals surface area contributed by atoms with Crippen molar-refractivity contribution < 1.29 is 14.4 Å². The summed E-state index contributed by atoms with van der Waals surface area (Å²) in [6, 6.07) is 25.6. The first-order valence-electron chi connectivity index (χ1n) is 14.4. The zero-order chi connectivity index (χ0) is 29.6. The van der Waals surface area contributed by atoms with Gasteiger partial charge in [-0.05, 0) is 61.2 Å². The summed E-state index contributed by atoms with van der Waals surface area (Å²) >= 11 is 0. The minimum absolute atomic E-state index is 0.0364. The highest BCUT2D eigenvalue weighted by Crippen LogP contribution is 2.37. The molecule has 10 heteroatoms. The van der Waals surface area contributed by atoms with Crippen molar-refractivity contribution >= 4 is 34.6 Å². The lowest BCUT2D eigenvalue weighted by molar-refractivity contribution is -0.111. The first-order chi connectivity index (χ1) is 21.1. The second-order valence-corrected chi connectivity index (χ2v) is 10.6. The zero-order valence-electron chi connectivity index (χ0n) is 24.1. The summed E-state index contributed by atoms with van der Waals surface area (Å²) in [5.41, 5.74) is 3.55. The van der Waals surface area contributed by atoms with Crippen LogP contribution in [0.4, 0.5) is 28.7 Å². The zero-order valence-corrected chi connectivity index (χ0v) is 24.1. The Labute approximate surface area is 251 Å². The van der Waals surface area contributed by atoms with Gasteiger partial charge in [-0.25, -0.2) is 15.0 Å². The summed E-state index contributed by atoms with van der Waals surface area (Å²) in [6.07, 6.45) is 3.60. The Hall–Kier alpha value is -4.93. The van der Waals surface area contributed by atoms with Gasteiger partial charge in [-0.3, -0.25) is 9.63 Å². The Morgan fingerprint density at radius 3 is 2.60 bits per heavy atom. The molecule has 220 valence electrons. The lowest BCUT2D eigenvalue weighted by Crippen LogP contribution is -2.44. The number of piperazine rings is 1. The van der Waals surface area contributed by atoms with Gasteiger partial charge in [0.2, 0.25) is 5.91 Å². The third-order valence-corrected chi connectivity index (χ3v) is 7.56. The van der Waals surface area contributed by atoms with Crippen molar-refractivity contribution in [3.8, 4) is 11.5 Å². The highest BCUT2D eigenvalue weighted by molar-refractivity contribution is 6.01. The van der Waals surface area contributed by atoms with E-state index < -0.39 is 0 Å². The second-order valence-electron chi connectivity index (χ2n) is 10.6. The van der Waals surface area contributed by atoms with E-state index in [1.807, 2.05) is 77.9 Å². The molecule has 0 unspecified atom stereocenters. The molecule has 3 aromatic carbocycles. The van der Waals surface area contributed by atoms with E-state index in [1.54, 1.807) is 0 Å². The number of hydroxylamine groups is 1. The number of hydrogen-bond donors (Lipinski definition) is 2. The Morgan fingerprint density at radius 2 is 1.79 bits per heavy atom. The fraction of sp³-hybridized carbons (Fsp3) is 0.242. The average Bonchev–Trinajstić information content (AvgIpc) is 3.53. The van der Waals surface area contributed by atoms with Gasteiger partial charge in [0.15, 0.2) is 5.82 Å². The molecule has 1 aromatic heterocycles. The van der Waals surface area contributed by atoms with Gasteiger partial charge in [-0.1, -0.05) is 36.9 Å². The van der Waals surface area contributed by atoms with Gasteiger partial charge < -0.3 is 25.2 Å². The molecular weight excluding hydrogens is 542 g/mol. The van der Waals surface area contributed by atoms with Crippen LogP contribution in [0, 0.1) is 0 Å². The van der Waals surface area contributed by atoms with Crippen molar-refractivity contribution in [1.29, 1.82) is 0 Å². The molecule has 2 saturated heterocycles. The number of hydrogen-bond acceptors (Lipinski definition) is 9. The molecule has 0 spiro atoms. The number of nitrogens with one attached hydrogen (secondary N) is 2. The molecule has 43 heavy (non-hydrogen) atoms. The van der Waals surface area contributed by atoms with Gasteiger partial charge in [0.1, 0.15) is 23.6 Å². The quantitative estimate of drug-likeness (QED) is 0.240. The van der Waals surface area contributed by atoms with Crippen LogP contribution in [0.25, 0.3) is 0 Å². The molecule has 1 amide bonds. The molecule has 1 atom stereocenters. The van der Waals surface area contributed by atoms with Crippen molar-refractivity contribution in [2.75, 3.05) is 60.4 Å². The minimum atomic E-state index is -0.257. The van der Waals surface area contributed by atoms with Crippen LogP contribution in [0.3, 0.4) is 0 Å². The van der Waals surface area contributed by atoms with Crippen LogP contribution < -0.4 is 25.3 Å². The molecule has 0 aliphatic carbocycles. The van der Waals surface area contributed by atoms with Crippen LogP contribution >= 0.6 is 0 Å². The van der Waals surface area contributed by atoms with Crippen LogP contribution in [-0.2, 0) is 9.63 Å². The molecule has 2 aliphatic rings. The molecule has 0 bridgehead atoms. The molecule has 2 N–H and O–H groups in total. The number of carbonyl (C=O) groups excluding carboxylic acids is 1. The normalized spacial score (nSPS) is 17.0. The second kappa shape index (κ2) is 12.9. The molecule has 0 saturated carbocycles. The molecule has 2 aliphatic heterocycles. The maximum atomic E-state index is 12.3.